The zero-order valence-corrected chi connectivity index (χ0v) is 14.4. The van der Waals surface area contributed by atoms with Crippen molar-refractivity contribution in [1.82, 2.24) is 14.9 Å². The number of amides is 2. The van der Waals surface area contributed by atoms with E-state index in [0.29, 0.717) is 22.8 Å². The van der Waals surface area contributed by atoms with Crippen LogP contribution in [0.4, 0.5) is 14.9 Å². The summed E-state index contributed by atoms with van der Waals surface area (Å²) in [5.41, 5.74) is 1.12. The van der Waals surface area contributed by atoms with Crippen molar-refractivity contribution >= 4 is 11.7 Å². The second-order valence-corrected chi connectivity index (χ2v) is 5.68. The van der Waals surface area contributed by atoms with Gasteiger partial charge in [0.25, 0.3) is 0 Å². The van der Waals surface area contributed by atoms with Crippen molar-refractivity contribution in [1.29, 1.82) is 0 Å². The van der Waals surface area contributed by atoms with Crippen molar-refractivity contribution in [2.75, 3.05) is 12.4 Å². The Balaban J connectivity index is 1.86. The number of methoxy groups -OCH3 is 1. The normalized spacial score (nSPS) is 11.7. The summed E-state index contributed by atoms with van der Waals surface area (Å²) in [7, 11) is 3.34. The summed E-state index contributed by atoms with van der Waals surface area (Å²) in [4.78, 5) is 16.8. The first-order valence-corrected chi connectivity index (χ1v) is 8.01. The van der Waals surface area contributed by atoms with Gasteiger partial charge in [0.05, 0.1) is 12.8 Å². The lowest BCUT2D eigenvalue weighted by atomic mass is 10.1. The largest absolute Gasteiger partial charge is 0.495 e. The highest BCUT2D eigenvalue weighted by Gasteiger charge is 2.21. The maximum absolute atomic E-state index is 13.7. The Morgan fingerprint density at radius 2 is 2.04 bits per heavy atom. The molecule has 0 aliphatic rings. The Morgan fingerprint density at radius 3 is 2.73 bits per heavy atom. The van der Waals surface area contributed by atoms with Gasteiger partial charge in [-0.2, -0.15) is 0 Å². The Hall–Kier alpha value is -3.35. The van der Waals surface area contributed by atoms with E-state index in [1.165, 1.54) is 19.2 Å². The van der Waals surface area contributed by atoms with Gasteiger partial charge in [-0.15, -0.1) is 0 Å². The van der Waals surface area contributed by atoms with Gasteiger partial charge in [-0.25, -0.2) is 14.2 Å². The molecule has 3 rings (SSSR count). The molecular formula is C19H19FN4O2. The summed E-state index contributed by atoms with van der Waals surface area (Å²) >= 11 is 0. The third-order valence-corrected chi connectivity index (χ3v) is 3.93. The Bertz CT molecular complexity index is 910. The fourth-order valence-corrected chi connectivity index (χ4v) is 2.68. The number of aryl methyl sites for hydroxylation is 1. The standard InChI is InChI=1S/C19H19FN4O2/c1-24-11-10-21-18(24)17(13-6-5-7-14(20)12-13)23-19(25)22-15-8-3-4-9-16(15)26-2/h3-12,17H,1-2H3,(H2,22,23,25)/t17-/m1/s1. The number of imidazole rings is 1. The zero-order valence-electron chi connectivity index (χ0n) is 14.4. The van der Waals surface area contributed by atoms with E-state index in [4.69, 9.17) is 4.74 Å². The minimum atomic E-state index is -0.611. The van der Waals surface area contributed by atoms with Gasteiger partial charge in [0.2, 0.25) is 0 Å². The van der Waals surface area contributed by atoms with E-state index in [9.17, 15) is 9.18 Å². The van der Waals surface area contributed by atoms with Crippen LogP contribution in [0.15, 0.2) is 60.9 Å². The van der Waals surface area contributed by atoms with Gasteiger partial charge in [0, 0.05) is 19.4 Å². The highest BCUT2D eigenvalue weighted by Crippen LogP contribution is 2.24. The summed E-state index contributed by atoms with van der Waals surface area (Å²) in [6.45, 7) is 0. The predicted octanol–water partition coefficient (Wildman–Crippen LogP) is 3.48. The number of ether oxygens (including phenoxy) is 1. The summed E-state index contributed by atoms with van der Waals surface area (Å²) in [5.74, 6) is 0.751. The summed E-state index contributed by atoms with van der Waals surface area (Å²) in [6, 6.07) is 12.1. The lowest BCUT2D eigenvalue weighted by Crippen LogP contribution is -2.34. The first-order chi connectivity index (χ1) is 12.6. The molecule has 0 aliphatic carbocycles. The molecule has 6 nitrogen and oxygen atoms in total. The molecule has 2 N–H and O–H groups in total. The Labute approximate surface area is 150 Å². The van der Waals surface area contributed by atoms with Gasteiger partial charge in [-0.3, -0.25) is 0 Å². The van der Waals surface area contributed by atoms with E-state index in [2.05, 4.69) is 15.6 Å². The SMILES string of the molecule is COc1ccccc1NC(=O)N[C@H](c1cccc(F)c1)c1nccn1C. The Kier molecular flexibility index (Phi) is 5.17. The number of nitrogens with zero attached hydrogens (tertiary/aromatic N) is 2. The van der Waals surface area contributed by atoms with Crippen LogP contribution in [-0.4, -0.2) is 22.7 Å². The van der Waals surface area contributed by atoms with Crippen molar-refractivity contribution in [2.45, 2.75) is 6.04 Å². The second-order valence-electron chi connectivity index (χ2n) is 5.68. The van der Waals surface area contributed by atoms with E-state index < -0.39 is 12.1 Å². The molecule has 134 valence electrons. The minimum absolute atomic E-state index is 0.381. The molecule has 7 heteroatoms. The lowest BCUT2D eigenvalue weighted by molar-refractivity contribution is 0.249. The topological polar surface area (TPSA) is 68.2 Å². The lowest BCUT2D eigenvalue weighted by Gasteiger charge is -2.20. The average molecular weight is 354 g/mol. The highest BCUT2D eigenvalue weighted by atomic mass is 19.1. The van der Waals surface area contributed by atoms with Crippen LogP contribution < -0.4 is 15.4 Å². The number of nitrogens with one attached hydrogen (secondary N) is 2. The molecule has 1 heterocycles. The van der Waals surface area contributed by atoms with Gasteiger partial charge < -0.3 is 19.9 Å². The molecule has 26 heavy (non-hydrogen) atoms. The third-order valence-electron chi connectivity index (χ3n) is 3.93. The molecule has 2 amide bonds. The number of urea groups is 1. The molecule has 0 saturated heterocycles. The number of aromatic nitrogens is 2. The number of hydrogen-bond acceptors (Lipinski definition) is 3. The monoisotopic (exact) mass is 354 g/mol. The van der Waals surface area contributed by atoms with Gasteiger partial charge in [0.1, 0.15) is 23.4 Å². The van der Waals surface area contributed by atoms with Crippen LogP contribution in [0.5, 0.6) is 5.75 Å². The van der Waals surface area contributed by atoms with Gasteiger partial charge in [-0.1, -0.05) is 24.3 Å². The number of hydrogen-bond donors (Lipinski definition) is 2. The van der Waals surface area contributed by atoms with Crippen LogP contribution >= 0.6 is 0 Å². The Morgan fingerprint density at radius 1 is 1.23 bits per heavy atom. The molecular weight excluding hydrogens is 335 g/mol. The van der Waals surface area contributed by atoms with E-state index in [0.717, 1.165) is 0 Å². The highest BCUT2D eigenvalue weighted by molar-refractivity contribution is 5.91. The fraction of sp³-hybridized carbons (Fsp3) is 0.158. The van der Waals surface area contributed by atoms with Crippen LogP contribution in [0.1, 0.15) is 17.4 Å². The number of carbonyl (C=O) groups excluding carboxylic acids is 1. The third kappa shape index (κ3) is 3.83. The summed E-state index contributed by atoms with van der Waals surface area (Å²) < 4.78 is 20.7. The molecule has 0 bridgehead atoms. The molecule has 2 aromatic carbocycles. The molecule has 0 fully saturated rings. The summed E-state index contributed by atoms with van der Waals surface area (Å²) in [5, 5.41) is 5.60. The minimum Gasteiger partial charge on any atom is -0.495 e. The number of para-hydroxylation sites is 2. The average Bonchev–Trinajstić information content (AvgIpc) is 3.06. The number of benzene rings is 2. The maximum Gasteiger partial charge on any atom is 0.320 e. The molecule has 3 aromatic rings. The zero-order chi connectivity index (χ0) is 18.5. The van der Waals surface area contributed by atoms with Gasteiger partial charge >= 0.3 is 6.03 Å². The molecule has 0 saturated carbocycles. The van der Waals surface area contributed by atoms with Crippen molar-refractivity contribution in [3.05, 3.63) is 78.1 Å². The number of halogens is 1. The van der Waals surface area contributed by atoms with Gasteiger partial charge in [-0.05, 0) is 29.8 Å². The van der Waals surface area contributed by atoms with Gasteiger partial charge in [0.15, 0.2) is 0 Å². The molecule has 1 aromatic heterocycles. The number of anilines is 1. The second kappa shape index (κ2) is 7.69. The number of carbonyl (C=O) groups is 1. The summed E-state index contributed by atoms with van der Waals surface area (Å²) in [6.07, 6.45) is 3.39. The van der Waals surface area contributed by atoms with Crippen molar-refractivity contribution < 1.29 is 13.9 Å². The van der Waals surface area contributed by atoms with Crippen LogP contribution in [0.3, 0.4) is 0 Å². The molecule has 1 atom stereocenters. The van der Waals surface area contributed by atoms with E-state index >= 15 is 0 Å². The maximum atomic E-state index is 13.7. The van der Waals surface area contributed by atoms with Crippen molar-refractivity contribution in [3.63, 3.8) is 0 Å². The van der Waals surface area contributed by atoms with Crippen LogP contribution in [0.25, 0.3) is 0 Å². The van der Waals surface area contributed by atoms with E-state index in [-0.39, 0.29) is 5.82 Å². The van der Waals surface area contributed by atoms with E-state index in [1.54, 1.807) is 47.3 Å². The molecule has 0 radical (unpaired) electrons. The quantitative estimate of drug-likeness (QED) is 0.737. The first kappa shape index (κ1) is 17.5. The van der Waals surface area contributed by atoms with Crippen LogP contribution in [-0.2, 0) is 7.05 Å². The predicted molar refractivity (Wildman–Crippen MR) is 96.6 cm³/mol. The van der Waals surface area contributed by atoms with Crippen molar-refractivity contribution in [2.24, 2.45) is 7.05 Å². The molecule has 0 spiro atoms. The van der Waals surface area contributed by atoms with E-state index in [1.807, 2.05) is 13.1 Å². The van der Waals surface area contributed by atoms with Crippen LogP contribution in [0, 0.1) is 5.82 Å². The number of rotatable bonds is 5. The fourth-order valence-electron chi connectivity index (χ4n) is 2.68. The van der Waals surface area contributed by atoms with Crippen LogP contribution in [0.2, 0.25) is 0 Å². The smallest absolute Gasteiger partial charge is 0.320 e. The first-order valence-electron chi connectivity index (χ1n) is 8.01. The molecule has 0 unspecified atom stereocenters. The van der Waals surface area contributed by atoms with Crippen molar-refractivity contribution in [3.8, 4) is 5.75 Å². The molecule has 0 aliphatic heterocycles.